The third-order valence-electron chi connectivity index (χ3n) is 2.10. The van der Waals surface area contributed by atoms with Gasteiger partial charge in [0.1, 0.15) is 17.6 Å². The molecule has 1 amide bonds. The van der Waals surface area contributed by atoms with Crippen LogP contribution in [0.25, 0.3) is 0 Å². The van der Waals surface area contributed by atoms with E-state index in [0.29, 0.717) is 0 Å². The molecule has 1 aromatic heterocycles. The highest BCUT2D eigenvalue weighted by Crippen LogP contribution is 2.24. The summed E-state index contributed by atoms with van der Waals surface area (Å²) >= 11 is 5.73. The van der Waals surface area contributed by atoms with Gasteiger partial charge in [0.05, 0.1) is 5.02 Å². The predicted octanol–water partition coefficient (Wildman–Crippen LogP) is 1.49. The minimum Gasteiger partial charge on any atom is -0.482 e. The van der Waals surface area contributed by atoms with E-state index in [2.05, 4.69) is 20.5 Å². The van der Waals surface area contributed by atoms with Crippen LogP contribution in [0.1, 0.15) is 5.82 Å². The fourth-order valence-corrected chi connectivity index (χ4v) is 1.49. The Bertz CT molecular complexity index is 682. The Morgan fingerprint density at radius 1 is 1.60 bits per heavy atom. The van der Waals surface area contributed by atoms with Gasteiger partial charge in [0.2, 0.25) is 11.8 Å². The normalized spacial score (nSPS) is 9.85. The maximum absolute atomic E-state index is 12.8. The number of ether oxygens (including phenoxy) is 1. The number of carbonyl (C=O) groups is 1. The van der Waals surface area contributed by atoms with E-state index in [9.17, 15) is 9.18 Å². The summed E-state index contributed by atoms with van der Waals surface area (Å²) in [6.07, 6.45) is 0. The molecule has 0 atom stereocenters. The van der Waals surface area contributed by atoms with Crippen molar-refractivity contribution in [2.75, 3.05) is 11.9 Å². The van der Waals surface area contributed by atoms with Gasteiger partial charge >= 0.3 is 0 Å². The van der Waals surface area contributed by atoms with Gasteiger partial charge in [-0.15, -0.1) is 5.10 Å². The largest absolute Gasteiger partial charge is 0.482 e. The number of nitriles is 1. The van der Waals surface area contributed by atoms with Gasteiger partial charge in [0, 0.05) is 0 Å². The van der Waals surface area contributed by atoms with Gasteiger partial charge in [0.25, 0.3) is 5.91 Å². The van der Waals surface area contributed by atoms with Crippen molar-refractivity contribution < 1.29 is 13.9 Å². The molecule has 102 valence electrons. The van der Waals surface area contributed by atoms with Gasteiger partial charge in [-0.1, -0.05) is 11.6 Å². The third kappa shape index (κ3) is 3.43. The molecule has 0 aliphatic carbocycles. The summed E-state index contributed by atoms with van der Waals surface area (Å²) in [5, 5.41) is 16.8. The number of nitrogens with one attached hydrogen (secondary N) is 2. The first-order chi connectivity index (χ1) is 9.58. The van der Waals surface area contributed by atoms with Crippen LogP contribution in [-0.4, -0.2) is 27.7 Å². The average Bonchev–Trinajstić information content (AvgIpc) is 2.85. The van der Waals surface area contributed by atoms with Gasteiger partial charge in [-0.3, -0.25) is 10.1 Å². The number of nitrogens with zero attached hydrogens (tertiary/aromatic N) is 3. The first-order valence-corrected chi connectivity index (χ1v) is 5.66. The average molecular weight is 296 g/mol. The molecule has 1 aromatic carbocycles. The number of hydrogen-bond acceptors (Lipinski definition) is 5. The SMILES string of the molecule is N#Cc1nc(NC(=O)COc2ccc(F)cc2Cl)n[nH]1. The zero-order valence-corrected chi connectivity index (χ0v) is 10.6. The number of carbonyl (C=O) groups excluding carboxylic acids is 1. The molecule has 1 heterocycles. The summed E-state index contributed by atoms with van der Waals surface area (Å²) in [6, 6.07) is 5.27. The van der Waals surface area contributed by atoms with Crippen molar-refractivity contribution in [3.05, 3.63) is 34.9 Å². The standard InChI is InChI=1S/C11H7ClFN5O2/c12-7-3-6(13)1-2-8(7)20-5-10(19)16-11-15-9(4-14)17-18-11/h1-3H,5H2,(H2,15,16,17,18,19). The molecule has 20 heavy (non-hydrogen) atoms. The van der Waals surface area contributed by atoms with E-state index in [0.717, 1.165) is 12.1 Å². The van der Waals surface area contributed by atoms with Crippen molar-refractivity contribution in [2.45, 2.75) is 0 Å². The molecule has 0 fully saturated rings. The first kappa shape index (κ1) is 13.8. The summed E-state index contributed by atoms with van der Waals surface area (Å²) < 4.78 is 17.9. The van der Waals surface area contributed by atoms with Gasteiger partial charge in [0.15, 0.2) is 6.61 Å². The second-order valence-corrected chi connectivity index (χ2v) is 3.94. The summed E-state index contributed by atoms with van der Waals surface area (Å²) in [4.78, 5) is 15.2. The molecule has 2 aromatic rings. The van der Waals surface area contributed by atoms with Crippen LogP contribution in [0.2, 0.25) is 5.02 Å². The number of rotatable bonds is 4. The molecule has 0 unspecified atom stereocenters. The number of halogens is 2. The first-order valence-electron chi connectivity index (χ1n) is 5.28. The minimum absolute atomic E-state index is 0.0252. The van der Waals surface area contributed by atoms with Crippen LogP contribution in [-0.2, 0) is 4.79 Å². The third-order valence-corrected chi connectivity index (χ3v) is 2.39. The lowest BCUT2D eigenvalue weighted by Gasteiger charge is -2.07. The second kappa shape index (κ2) is 5.99. The Morgan fingerprint density at radius 3 is 3.05 bits per heavy atom. The van der Waals surface area contributed by atoms with Crippen molar-refractivity contribution >= 4 is 23.5 Å². The maximum Gasteiger partial charge on any atom is 0.264 e. The molecule has 0 bridgehead atoms. The predicted molar refractivity (Wildman–Crippen MR) is 66.6 cm³/mol. The molecular weight excluding hydrogens is 289 g/mol. The van der Waals surface area contributed by atoms with Crippen LogP contribution in [0.5, 0.6) is 5.75 Å². The quantitative estimate of drug-likeness (QED) is 0.889. The Labute approximate surface area is 117 Å². The fourth-order valence-electron chi connectivity index (χ4n) is 1.26. The highest BCUT2D eigenvalue weighted by atomic mass is 35.5. The number of aromatic amines is 1. The minimum atomic E-state index is -0.547. The topological polar surface area (TPSA) is 104 Å². The molecule has 7 nitrogen and oxygen atoms in total. The number of aromatic nitrogens is 3. The summed E-state index contributed by atoms with van der Waals surface area (Å²) in [6.45, 7) is -0.359. The summed E-state index contributed by atoms with van der Waals surface area (Å²) in [5.74, 6) is -0.940. The van der Waals surface area contributed by atoms with E-state index in [1.54, 1.807) is 6.07 Å². The molecule has 0 radical (unpaired) electrons. The fraction of sp³-hybridized carbons (Fsp3) is 0.0909. The molecule has 0 spiro atoms. The smallest absolute Gasteiger partial charge is 0.264 e. The Hall–Kier alpha value is -2.66. The second-order valence-electron chi connectivity index (χ2n) is 3.53. The monoisotopic (exact) mass is 295 g/mol. The van der Waals surface area contributed by atoms with E-state index in [1.165, 1.54) is 6.07 Å². The molecule has 0 aliphatic heterocycles. The number of anilines is 1. The number of hydrogen-bond donors (Lipinski definition) is 2. The lowest BCUT2D eigenvalue weighted by Crippen LogP contribution is -2.21. The van der Waals surface area contributed by atoms with Gasteiger partial charge in [-0.05, 0) is 18.2 Å². The van der Waals surface area contributed by atoms with Crippen LogP contribution in [0.4, 0.5) is 10.3 Å². The van der Waals surface area contributed by atoms with Gasteiger partial charge in [-0.2, -0.15) is 10.2 Å². The Balaban J connectivity index is 1.90. The van der Waals surface area contributed by atoms with E-state index in [1.807, 2.05) is 0 Å². The Morgan fingerprint density at radius 2 is 2.40 bits per heavy atom. The van der Waals surface area contributed by atoms with Gasteiger partial charge in [-0.25, -0.2) is 9.49 Å². The van der Waals surface area contributed by atoms with Gasteiger partial charge < -0.3 is 4.74 Å². The van der Waals surface area contributed by atoms with Crippen LogP contribution >= 0.6 is 11.6 Å². The van der Waals surface area contributed by atoms with Crippen molar-refractivity contribution in [2.24, 2.45) is 0 Å². The zero-order chi connectivity index (χ0) is 14.5. The highest BCUT2D eigenvalue weighted by Gasteiger charge is 2.09. The van der Waals surface area contributed by atoms with E-state index < -0.39 is 11.7 Å². The van der Waals surface area contributed by atoms with Crippen LogP contribution in [0, 0.1) is 17.1 Å². The molecule has 0 saturated carbocycles. The zero-order valence-electron chi connectivity index (χ0n) is 9.85. The maximum atomic E-state index is 12.8. The molecular formula is C11H7ClFN5O2. The number of benzene rings is 1. The van der Waals surface area contributed by atoms with E-state index in [4.69, 9.17) is 21.6 Å². The molecule has 2 N–H and O–H groups in total. The summed E-state index contributed by atoms with van der Waals surface area (Å²) in [5.41, 5.74) is 0. The number of H-pyrrole nitrogens is 1. The molecule has 0 aliphatic rings. The van der Waals surface area contributed by atoms with Crippen molar-refractivity contribution in [3.8, 4) is 11.8 Å². The summed E-state index contributed by atoms with van der Waals surface area (Å²) in [7, 11) is 0. The van der Waals surface area contributed by atoms with Crippen molar-refractivity contribution in [1.82, 2.24) is 15.2 Å². The molecule has 2 rings (SSSR count). The number of amides is 1. The van der Waals surface area contributed by atoms with Crippen LogP contribution in [0.3, 0.4) is 0 Å². The lowest BCUT2D eigenvalue weighted by atomic mass is 10.3. The molecule has 0 saturated heterocycles. The van der Waals surface area contributed by atoms with Crippen molar-refractivity contribution in [1.29, 1.82) is 5.26 Å². The lowest BCUT2D eigenvalue weighted by molar-refractivity contribution is -0.118. The van der Waals surface area contributed by atoms with E-state index >= 15 is 0 Å². The Kier molecular flexibility index (Phi) is 4.12. The van der Waals surface area contributed by atoms with Crippen LogP contribution in [0.15, 0.2) is 18.2 Å². The molecule has 9 heteroatoms. The highest BCUT2D eigenvalue weighted by molar-refractivity contribution is 6.32. The van der Waals surface area contributed by atoms with Crippen molar-refractivity contribution in [3.63, 3.8) is 0 Å². The van der Waals surface area contributed by atoms with Crippen LogP contribution < -0.4 is 10.1 Å². The van der Waals surface area contributed by atoms with E-state index in [-0.39, 0.29) is 29.2 Å².